The normalized spacial score (nSPS) is 11.2. The van der Waals surface area contributed by atoms with Gasteiger partial charge < -0.3 is 19.7 Å². The number of hydrogen-bond donors (Lipinski definition) is 1. The quantitative estimate of drug-likeness (QED) is 0.319. The van der Waals surface area contributed by atoms with E-state index < -0.39 is 46.7 Å². The van der Waals surface area contributed by atoms with Crippen LogP contribution in [0.5, 0.6) is 5.75 Å². The summed E-state index contributed by atoms with van der Waals surface area (Å²) in [5.74, 6) is -4.03. The molecule has 3 aromatic rings. The highest BCUT2D eigenvalue weighted by Gasteiger charge is 2.26. The molecule has 0 aromatic heterocycles. The molecule has 1 N–H and O–H groups in total. The van der Waals surface area contributed by atoms with Crippen LogP contribution in [0.15, 0.2) is 48.5 Å². The predicted molar refractivity (Wildman–Crippen MR) is 128 cm³/mol. The molecule has 190 valence electrons. The first-order valence-corrected chi connectivity index (χ1v) is 11.0. The molecule has 0 aliphatic heterocycles. The molecule has 0 bridgehead atoms. The molecule has 1 amide bonds. The lowest BCUT2D eigenvalue weighted by molar-refractivity contribution is -0.111. The van der Waals surface area contributed by atoms with Gasteiger partial charge in [0.05, 0.1) is 7.11 Å². The number of anilines is 1. The van der Waals surface area contributed by atoms with E-state index in [1.165, 1.54) is 25.3 Å². The molecule has 0 fully saturated rings. The van der Waals surface area contributed by atoms with Crippen LogP contribution in [0.4, 0.5) is 23.2 Å². The van der Waals surface area contributed by atoms with Crippen molar-refractivity contribution in [2.24, 2.45) is 0 Å². The molecule has 36 heavy (non-hydrogen) atoms. The summed E-state index contributed by atoms with van der Waals surface area (Å²) < 4.78 is 60.1. The van der Waals surface area contributed by atoms with Crippen LogP contribution in [-0.4, -0.2) is 26.4 Å². The fourth-order valence-electron chi connectivity index (χ4n) is 3.80. The molecule has 0 atom stereocenters. The molecule has 0 saturated heterocycles. The number of aldehydes is 1. The summed E-state index contributed by atoms with van der Waals surface area (Å²) >= 11 is 0. The van der Waals surface area contributed by atoms with Crippen LogP contribution in [0, 0.1) is 23.3 Å². The maximum absolute atomic E-state index is 14.0. The second kappa shape index (κ2) is 10.8. The maximum atomic E-state index is 14.0. The van der Waals surface area contributed by atoms with Crippen molar-refractivity contribution >= 4 is 17.9 Å². The lowest BCUT2D eigenvalue weighted by atomic mass is 9.84. The summed E-state index contributed by atoms with van der Waals surface area (Å²) in [5, 5.41) is 2.43. The highest BCUT2D eigenvalue weighted by Crippen LogP contribution is 2.33. The third-order valence-corrected chi connectivity index (χ3v) is 5.78. The van der Waals surface area contributed by atoms with Crippen LogP contribution in [0.1, 0.15) is 40.9 Å². The predicted octanol–water partition coefficient (Wildman–Crippen LogP) is 5.29. The fourth-order valence-corrected chi connectivity index (χ4v) is 3.80. The van der Waals surface area contributed by atoms with Gasteiger partial charge in [0.1, 0.15) is 35.3 Å². The Morgan fingerprint density at radius 1 is 1.00 bits per heavy atom. The minimum atomic E-state index is -1.11. The van der Waals surface area contributed by atoms with E-state index in [4.69, 9.17) is 4.74 Å². The van der Waals surface area contributed by atoms with Crippen LogP contribution in [0.2, 0.25) is 0 Å². The number of carbonyl (C=O) groups excluding carboxylic acids is 2. The summed E-state index contributed by atoms with van der Waals surface area (Å²) in [6.07, 6.45) is 0.782. The summed E-state index contributed by atoms with van der Waals surface area (Å²) in [6.45, 7) is 3.18. The first-order valence-electron chi connectivity index (χ1n) is 11.0. The minimum absolute atomic E-state index is 0.169. The second-order valence-electron chi connectivity index (χ2n) is 8.96. The molecular formula is C27H26F4N2O3. The van der Waals surface area contributed by atoms with Gasteiger partial charge in [-0.15, -0.1) is 0 Å². The fraction of sp³-hybridized carbons (Fsp3) is 0.259. The topological polar surface area (TPSA) is 58.6 Å². The third-order valence-electron chi connectivity index (χ3n) is 5.78. The zero-order valence-corrected chi connectivity index (χ0v) is 20.3. The van der Waals surface area contributed by atoms with Crippen molar-refractivity contribution in [2.75, 3.05) is 19.1 Å². The number of halogens is 4. The van der Waals surface area contributed by atoms with Gasteiger partial charge in [0.25, 0.3) is 5.91 Å². The van der Waals surface area contributed by atoms with Crippen molar-refractivity contribution in [1.82, 2.24) is 5.32 Å². The Morgan fingerprint density at radius 2 is 1.64 bits per heavy atom. The molecule has 0 aliphatic carbocycles. The number of carbonyl (C=O) groups is 2. The number of benzene rings is 3. The van der Waals surface area contributed by atoms with E-state index in [9.17, 15) is 27.2 Å². The Hall–Kier alpha value is -3.88. The molecule has 0 unspecified atom stereocenters. The van der Waals surface area contributed by atoms with E-state index >= 15 is 0 Å². The van der Waals surface area contributed by atoms with Gasteiger partial charge in [0.15, 0.2) is 0 Å². The van der Waals surface area contributed by atoms with Gasteiger partial charge in [-0.25, -0.2) is 17.6 Å². The largest absolute Gasteiger partial charge is 0.497 e. The van der Waals surface area contributed by atoms with Crippen LogP contribution in [0.3, 0.4) is 0 Å². The first-order chi connectivity index (χ1) is 16.9. The van der Waals surface area contributed by atoms with E-state index in [2.05, 4.69) is 5.32 Å². The molecule has 5 nitrogen and oxygen atoms in total. The average molecular weight is 503 g/mol. The Kier molecular flexibility index (Phi) is 8.02. The minimum Gasteiger partial charge on any atom is -0.497 e. The van der Waals surface area contributed by atoms with Crippen molar-refractivity contribution in [1.29, 1.82) is 0 Å². The second-order valence-corrected chi connectivity index (χ2v) is 8.96. The van der Waals surface area contributed by atoms with E-state index in [0.717, 1.165) is 6.29 Å². The van der Waals surface area contributed by atoms with Gasteiger partial charge in [-0.2, -0.15) is 0 Å². The molecule has 3 aromatic carbocycles. The number of nitrogens with zero attached hydrogens (tertiary/aromatic N) is 1. The molecule has 0 spiro atoms. The van der Waals surface area contributed by atoms with Crippen molar-refractivity contribution in [3.05, 3.63) is 94.1 Å². The van der Waals surface area contributed by atoms with Crippen molar-refractivity contribution < 1.29 is 31.9 Å². The summed E-state index contributed by atoms with van der Waals surface area (Å²) in [4.78, 5) is 26.4. The van der Waals surface area contributed by atoms with E-state index in [0.29, 0.717) is 34.7 Å². The Bertz CT molecular complexity index is 1270. The maximum Gasteiger partial charge on any atom is 0.251 e. The molecule has 0 radical (unpaired) electrons. The smallest absolute Gasteiger partial charge is 0.251 e. The molecule has 0 heterocycles. The SMILES string of the molecule is COc1cc(F)cc(CN(C)c2cc(C(=O)NCc3c(F)cc(F)cc3F)ccc2C(C)(C)C=O)c1. The zero-order valence-electron chi connectivity index (χ0n) is 20.3. The van der Waals surface area contributed by atoms with Gasteiger partial charge in [-0.1, -0.05) is 6.07 Å². The number of methoxy groups -OCH3 is 1. The summed E-state index contributed by atoms with van der Waals surface area (Å²) in [7, 11) is 3.15. The lowest BCUT2D eigenvalue weighted by Crippen LogP contribution is -2.28. The van der Waals surface area contributed by atoms with Gasteiger partial charge in [-0.05, 0) is 49.2 Å². The average Bonchev–Trinajstić information content (AvgIpc) is 2.82. The van der Waals surface area contributed by atoms with E-state index in [-0.39, 0.29) is 12.1 Å². The standard InChI is InChI=1S/C27H26F4N2O3/c1-27(2,15-34)22-6-5-17(26(35)32-13-21-23(30)11-19(29)12-24(21)31)9-25(22)33(3)14-16-7-18(28)10-20(8-16)36-4/h5-12,15H,13-14H2,1-4H3,(H,32,35). The van der Waals surface area contributed by atoms with Crippen LogP contribution < -0.4 is 15.0 Å². The van der Waals surface area contributed by atoms with Crippen molar-refractivity contribution in [3.8, 4) is 5.75 Å². The molecule has 3 rings (SSSR count). The third kappa shape index (κ3) is 6.02. The molecule has 0 aliphatic rings. The Morgan fingerprint density at radius 3 is 2.25 bits per heavy atom. The van der Waals surface area contributed by atoms with E-state index in [1.807, 2.05) is 0 Å². The Labute approximate surface area is 206 Å². The monoisotopic (exact) mass is 502 g/mol. The molecule has 9 heteroatoms. The number of nitrogens with one attached hydrogen (secondary N) is 1. The van der Waals surface area contributed by atoms with Crippen LogP contribution in [-0.2, 0) is 23.3 Å². The summed E-state index contributed by atoms with van der Waals surface area (Å²) in [5.41, 5.74) is 0.542. The van der Waals surface area contributed by atoms with Gasteiger partial charge in [0, 0.05) is 60.6 Å². The number of hydrogen-bond acceptors (Lipinski definition) is 4. The van der Waals surface area contributed by atoms with Crippen LogP contribution in [0.25, 0.3) is 0 Å². The van der Waals surface area contributed by atoms with Gasteiger partial charge in [0.2, 0.25) is 0 Å². The van der Waals surface area contributed by atoms with Crippen molar-refractivity contribution in [2.45, 2.75) is 32.4 Å². The van der Waals surface area contributed by atoms with Gasteiger partial charge >= 0.3 is 0 Å². The van der Waals surface area contributed by atoms with Gasteiger partial charge in [-0.3, -0.25) is 4.79 Å². The first kappa shape index (κ1) is 26.7. The number of rotatable bonds is 9. The number of ether oxygens (including phenoxy) is 1. The van der Waals surface area contributed by atoms with Crippen LogP contribution >= 0.6 is 0 Å². The van der Waals surface area contributed by atoms with E-state index in [1.54, 1.807) is 44.0 Å². The zero-order chi connectivity index (χ0) is 26.6. The summed E-state index contributed by atoms with van der Waals surface area (Å²) in [6, 6.07) is 10.0. The molecular weight excluding hydrogens is 476 g/mol. The Balaban J connectivity index is 1.92. The highest BCUT2D eigenvalue weighted by molar-refractivity contribution is 5.95. The number of amides is 1. The lowest BCUT2D eigenvalue weighted by Gasteiger charge is -2.29. The highest BCUT2D eigenvalue weighted by atomic mass is 19.1. The van der Waals surface area contributed by atoms with Crippen molar-refractivity contribution in [3.63, 3.8) is 0 Å². The molecule has 0 saturated carbocycles.